The van der Waals surface area contributed by atoms with Gasteiger partial charge in [0.2, 0.25) is 0 Å². The maximum Gasteiger partial charge on any atom is 0.267 e. The van der Waals surface area contributed by atoms with Gasteiger partial charge in [-0.15, -0.1) is 6.42 Å². The molecule has 0 saturated carbocycles. The third-order valence-corrected chi connectivity index (χ3v) is 11.6. The van der Waals surface area contributed by atoms with Gasteiger partial charge in [0.15, 0.2) is 0 Å². The second-order valence-corrected chi connectivity index (χ2v) is 14.8. The lowest BCUT2D eigenvalue weighted by molar-refractivity contribution is 0.0193. The molecule has 9 nitrogen and oxygen atoms in total. The zero-order valence-corrected chi connectivity index (χ0v) is 33.6. The van der Waals surface area contributed by atoms with E-state index in [0.717, 1.165) is 29.8 Å². The smallest absolute Gasteiger partial charge is 0.267 e. The van der Waals surface area contributed by atoms with Crippen molar-refractivity contribution in [3.8, 4) is 35.1 Å². The van der Waals surface area contributed by atoms with Gasteiger partial charge < -0.3 is 28.6 Å². The van der Waals surface area contributed by atoms with Crippen LogP contribution in [0.15, 0.2) is 84.9 Å². The predicted molar refractivity (Wildman–Crippen MR) is 221 cm³/mol. The number of carbonyl (C=O) groups excluding carboxylic acids is 2. The molecule has 3 heterocycles. The molecule has 0 spiro atoms. The van der Waals surface area contributed by atoms with E-state index in [9.17, 15) is 13.6 Å². The number of carbonyl (C=O) groups is 2. The number of amides is 2. The third kappa shape index (κ3) is 7.95. The van der Waals surface area contributed by atoms with E-state index in [1.807, 2.05) is 55.1 Å². The van der Waals surface area contributed by atoms with Crippen molar-refractivity contribution in [3.05, 3.63) is 135 Å². The first kappa shape index (κ1) is 40.2. The number of methoxy groups -OCH3 is 2. The zero-order valence-electron chi connectivity index (χ0n) is 33.6. The van der Waals surface area contributed by atoms with Crippen LogP contribution in [-0.2, 0) is 31.3 Å². The van der Waals surface area contributed by atoms with E-state index < -0.39 is 6.43 Å². The monoisotopic (exact) mass is 786 g/mol. The highest BCUT2D eigenvalue weighted by Crippen LogP contribution is 2.39. The standard InChI is InChI=1S/C47H48F2N4O5/c1-7-32-15-17-36(18-16-32)52(27-34-13-10-14-43(56-5)30(34)2)46(54)38-25-42(50(4)31(38)3)39-24-41(45(48)49)44(57-6)26-40(39)47(55)53-28-35-12-9-8-11-33(35)23-37(53)29-51-19-21-58-22-20-51/h1,8-18,24-26,37,45H,19-23,27-29H2,2-6H3/t37-/m0/s1. The molecule has 1 fully saturated rings. The molecule has 11 heteroatoms. The molecular formula is C47H48F2N4O5. The van der Waals surface area contributed by atoms with Crippen LogP contribution in [0.4, 0.5) is 14.5 Å². The Kier molecular flexibility index (Phi) is 12.0. The average molecular weight is 787 g/mol. The molecule has 2 amide bonds. The summed E-state index contributed by atoms with van der Waals surface area (Å²) < 4.78 is 48.0. The first-order valence-corrected chi connectivity index (χ1v) is 19.4. The average Bonchev–Trinajstić information content (AvgIpc) is 3.55. The Balaban J connectivity index is 1.33. The van der Waals surface area contributed by atoms with Gasteiger partial charge >= 0.3 is 0 Å². The number of nitrogens with zero attached hydrogens (tertiary/aromatic N) is 4. The van der Waals surface area contributed by atoms with Crippen LogP contribution >= 0.6 is 0 Å². The quantitative estimate of drug-likeness (QED) is 0.127. The number of anilines is 1. The van der Waals surface area contributed by atoms with E-state index in [1.54, 1.807) is 54.0 Å². The number of hydrogen-bond acceptors (Lipinski definition) is 6. The maximum atomic E-state index is 15.1. The van der Waals surface area contributed by atoms with E-state index in [-0.39, 0.29) is 46.8 Å². The van der Waals surface area contributed by atoms with Crippen molar-refractivity contribution >= 4 is 17.5 Å². The van der Waals surface area contributed by atoms with Crippen LogP contribution in [0.3, 0.4) is 0 Å². The topological polar surface area (TPSA) is 76.5 Å². The molecule has 4 aromatic carbocycles. The summed E-state index contributed by atoms with van der Waals surface area (Å²) >= 11 is 0. The number of hydrogen-bond donors (Lipinski definition) is 0. The van der Waals surface area contributed by atoms with Crippen LogP contribution < -0.4 is 14.4 Å². The number of rotatable bonds is 11. The van der Waals surface area contributed by atoms with Gasteiger partial charge in [-0.3, -0.25) is 14.5 Å². The van der Waals surface area contributed by atoms with Crippen molar-refractivity contribution in [2.24, 2.45) is 7.05 Å². The van der Waals surface area contributed by atoms with Crippen molar-refractivity contribution < 1.29 is 32.6 Å². The summed E-state index contributed by atoms with van der Waals surface area (Å²) in [5, 5.41) is 0. The van der Waals surface area contributed by atoms with Crippen molar-refractivity contribution in [1.82, 2.24) is 14.4 Å². The molecule has 58 heavy (non-hydrogen) atoms. The SMILES string of the molecule is C#Cc1ccc(N(Cc2cccc(OC)c2C)C(=O)c2cc(-c3cc(C(F)F)c(OC)cc3C(=O)N3Cc4ccccc4C[C@H]3CN3CCOCC3)n(C)c2C)cc1. The van der Waals surface area contributed by atoms with Crippen LogP contribution in [0, 0.1) is 26.2 Å². The second kappa shape index (κ2) is 17.3. The Labute approximate surface area is 338 Å². The lowest BCUT2D eigenvalue weighted by atomic mass is 9.91. The van der Waals surface area contributed by atoms with Crippen LogP contribution in [0.1, 0.15) is 66.2 Å². The molecule has 300 valence electrons. The Morgan fingerprint density at radius 2 is 1.62 bits per heavy atom. The molecule has 5 aromatic rings. The highest BCUT2D eigenvalue weighted by Gasteiger charge is 2.35. The van der Waals surface area contributed by atoms with Gasteiger partial charge in [0.25, 0.3) is 18.2 Å². The highest BCUT2D eigenvalue weighted by atomic mass is 19.3. The Morgan fingerprint density at radius 1 is 0.914 bits per heavy atom. The van der Waals surface area contributed by atoms with Gasteiger partial charge in [0.05, 0.1) is 50.7 Å². The number of aromatic nitrogens is 1. The van der Waals surface area contributed by atoms with Gasteiger partial charge in [-0.2, -0.15) is 0 Å². The summed E-state index contributed by atoms with van der Waals surface area (Å²) in [4.78, 5) is 35.8. The number of fused-ring (bicyclic) bond motifs is 1. The number of morpholine rings is 1. The summed E-state index contributed by atoms with van der Waals surface area (Å²) in [6, 6.07) is 25.3. The molecule has 2 aliphatic heterocycles. The molecule has 1 aromatic heterocycles. The maximum absolute atomic E-state index is 15.1. The summed E-state index contributed by atoms with van der Waals surface area (Å²) in [6.45, 7) is 7.71. The number of terminal acetylenes is 1. The molecule has 0 radical (unpaired) electrons. The van der Waals surface area contributed by atoms with Crippen LogP contribution in [0.5, 0.6) is 11.5 Å². The van der Waals surface area contributed by atoms with Crippen molar-refractivity contribution in [2.75, 3.05) is 52.0 Å². The fourth-order valence-corrected chi connectivity index (χ4v) is 8.12. The largest absolute Gasteiger partial charge is 0.496 e. The molecular weight excluding hydrogens is 739 g/mol. The fraction of sp³-hybridized carbons (Fsp3) is 0.319. The third-order valence-electron chi connectivity index (χ3n) is 11.6. The van der Waals surface area contributed by atoms with Crippen molar-refractivity contribution in [1.29, 1.82) is 0 Å². The number of alkyl halides is 2. The zero-order chi connectivity index (χ0) is 41.1. The first-order chi connectivity index (χ1) is 28.0. The lowest BCUT2D eigenvalue weighted by Crippen LogP contribution is -2.52. The van der Waals surface area contributed by atoms with Crippen molar-refractivity contribution in [2.45, 2.75) is 45.8 Å². The summed E-state index contributed by atoms with van der Waals surface area (Å²) in [6.07, 6.45) is 3.42. The molecule has 7 rings (SSSR count). The van der Waals surface area contributed by atoms with E-state index in [4.69, 9.17) is 20.6 Å². The van der Waals surface area contributed by atoms with Gasteiger partial charge in [-0.05, 0) is 91.1 Å². The van der Waals surface area contributed by atoms with E-state index in [0.29, 0.717) is 66.7 Å². The number of ether oxygens (including phenoxy) is 3. The first-order valence-electron chi connectivity index (χ1n) is 19.4. The van der Waals surface area contributed by atoms with Crippen LogP contribution in [0.2, 0.25) is 0 Å². The van der Waals surface area contributed by atoms with Gasteiger partial charge in [-0.25, -0.2) is 8.78 Å². The lowest BCUT2D eigenvalue weighted by Gasteiger charge is -2.40. The normalized spacial score (nSPS) is 15.5. The molecule has 2 aliphatic rings. The number of halogens is 2. The molecule has 1 saturated heterocycles. The summed E-state index contributed by atoms with van der Waals surface area (Å²) in [5.41, 5.74) is 6.80. The predicted octanol–water partition coefficient (Wildman–Crippen LogP) is 7.99. The van der Waals surface area contributed by atoms with Crippen LogP contribution in [0.25, 0.3) is 11.3 Å². The minimum atomic E-state index is -2.89. The molecule has 1 atom stereocenters. The van der Waals surface area contributed by atoms with Crippen LogP contribution in [-0.4, -0.2) is 79.3 Å². The van der Waals surface area contributed by atoms with E-state index in [1.165, 1.54) is 24.8 Å². The molecule has 0 aliphatic carbocycles. The van der Waals surface area contributed by atoms with E-state index in [2.05, 4.69) is 16.9 Å². The Hall–Kier alpha value is -5.96. The van der Waals surface area contributed by atoms with Gasteiger partial charge in [-0.1, -0.05) is 42.3 Å². The minimum absolute atomic E-state index is 0.0817. The molecule has 0 bridgehead atoms. The fourth-order valence-electron chi connectivity index (χ4n) is 8.12. The minimum Gasteiger partial charge on any atom is -0.496 e. The summed E-state index contributed by atoms with van der Waals surface area (Å²) in [7, 11) is 4.71. The molecule has 0 N–H and O–H groups in total. The number of benzene rings is 4. The van der Waals surface area contributed by atoms with Gasteiger partial charge in [0, 0.05) is 67.5 Å². The Morgan fingerprint density at radius 3 is 2.29 bits per heavy atom. The second-order valence-electron chi connectivity index (χ2n) is 14.8. The summed E-state index contributed by atoms with van der Waals surface area (Å²) in [5.74, 6) is 2.62. The van der Waals surface area contributed by atoms with Gasteiger partial charge in [0.1, 0.15) is 11.5 Å². The van der Waals surface area contributed by atoms with Crippen molar-refractivity contribution in [3.63, 3.8) is 0 Å². The molecule has 0 unspecified atom stereocenters. The van der Waals surface area contributed by atoms with E-state index >= 15 is 4.79 Å². The highest BCUT2D eigenvalue weighted by molar-refractivity contribution is 6.08. The Bertz CT molecular complexity index is 2360.